The third-order valence-electron chi connectivity index (χ3n) is 2.44. The molecular weight excluding hydrogens is 220 g/mol. The van der Waals surface area contributed by atoms with Crippen molar-refractivity contribution in [3.63, 3.8) is 0 Å². The molecule has 0 saturated carbocycles. The van der Waals surface area contributed by atoms with Crippen LogP contribution in [0.3, 0.4) is 0 Å². The van der Waals surface area contributed by atoms with Crippen molar-refractivity contribution in [1.82, 2.24) is 10.5 Å². The van der Waals surface area contributed by atoms with Crippen LogP contribution in [0.1, 0.15) is 43.4 Å². The van der Waals surface area contributed by atoms with Gasteiger partial charge in [0, 0.05) is 12.6 Å². The van der Waals surface area contributed by atoms with E-state index in [-0.39, 0.29) is 23.1 Å². The summed E-state index contributed by atoms with van der Waals surface area (Å²) in [7, 11) is 0. The highest BCUT2D eigenvalue weighted by Crippen LogP contribution is 2.21. The van der Waals surface area contributed by atoms with Gasteiger partial charge in [-0.3, -0.25) is 4.79 Å². The number of nitrogens with one attached hydrogen (secondary N) is 1. The van der Waals surface area contributed by atoms with Gasteiger partial charge in [-0.25, -0.2) is 0 Å². The number of rotatable bonds is 5. The largest absolute Gasteiger partial charge is 0.393 e. The van der Waals surface area contributed by atoms with Crippen molar-refractivity contribution >= 4 is 5.91 Å². The number of aliphatic hydroxyl groups excluding tert-OH is 1. The lowest BCUT2D eigenvalue weighted by Gasteiger charge is -2.26. The number of nitrogens with zero attached hydrogens (tertiary/aromatic N) is 1. The first-order valence-electron chi connectivity index (χ1n) is 5.70. The van der Waals surface area contributed by atoms with E-state index in [1.165, 1.54) is 0 Å². The minimum absolute atomic E-state index is 0.150. The van der Waals surface area contributed by atoms with E-state index in [4.69, 9.17) is 4.52 Å². The molecule has 1 amide bonds. The van der Waals surface area contributed by atoms with Gasteiger partial charge in [0.15, 0.2) is 5.69 Å². The minimum atomic E-state index is -0.379. The maximum atomic E-state index is 11.7. The van der Waals surface area contributed by atoms with Gasteiger partial charge in [0.2, 0.25) is 0 Å². The first kappa shape index (κ1) is 13.7. The Bertz CT molecular complexity index is 383. The molecule has 1 heterocycles. The molecule has 0 spiro atoms. The predicted molar refractivity (Wildman–Crippen MR) is 63.7 cm³/mol. The van der Waals surface area contributed by atoms with Gasteiger partial charge in [-0.1, -0.05) is 19.0 Å². The molecule has 1 aromatic rings. The quantitative estimate of drug-likeness (QED) is 0.818. The number of aryl methyl sites for hydroxylation is 1. The monoisotopic (exact) mass is 240 g/mol. The molecule has 0 aliphatic heterocycles. The second-order valence-corrected chi connectivity index (χ2v) is 5.22. The second-order valence-electron chi connectivity index (χ2n) is 5.22. The third-order valence-corrected chi connectivity index (χ3v) is 2.44. The lowest BCUT2D eigenvalue weighted by atomic mass is 9.87. The summed E-state index contributed by atoms with van der Waals surface area (Å²) in [6.45, 7) is 7.95. The van der Waals surface area contributed by atoms with E-state index in [2.05, 4.69) is 10.5 Å². The Hall–Kier alpha value is -1.36. The smallest absolute Gasteiger partial charge is 0.273 e. The summed E-state index contributed by atoms with van der Waals surface area (Å²) in [5.41, 5.74) is 0.137. The van der Waals surface area contributed by atoms with Gasteiger partial charge >= 0.3 is 0 Å². The molecule has 17 heavy (non-hydrogen) atoms. The lowest BCUT2D eigenvalue weighted by molar-refractivity contribution is 0.0893. The van der Waals surface area contributed by atoms with Crippen LogP contribution < -0.4 is 5.32 Å². The Morgan fingerprint density at radius 3 is 2.76 bits per heavy atom. The van der Waals surface area contributed by atoms with Gasteiger partial charge in [-0.2, -0.15) is 0 Å². The maximum Gasteiger partial charge on any atom is 0.273 e. The Balaban J connectivity index is 2.48. The van der Waals surface area contributed by atoms with Crippen molar-refractivity contribution in [1.29, 1.82) is 0 Å². The van der Waals surface area contributed by atoms with Gasteiger partial charge in [-0.05, 0) is 25.7 Å². The fourth-order valence-corrected chi connectivity index (χ4v) is 1.76. The minimum Gasteiger partial charge on any atom is -0.393 e. The highest BCUT2D eigenvalue weighted by atomic mass is 16.5. The van der Waals surface area contributed by atoms with E-state index in [1.54, 1.807) is 19.9 Å². The summed E-state index contributed by atoms with van der Waals surface area (Å²) in [5.74, 6) is 0.360. The molecular formula is C12H20N2O3. The number of aromatic nitrogens is 1. The average Bonchev–Trinajstić information content (AvgIpc) is 2.59. The molecule has 0 fully saturated rings. The zero-order chi connectivity index (χ0) is 13.1. The van der Waals surface area contributed by atoms with Crippen LogP contribution >= 0.6 is 0 Å². The molecule has 0 unspecified atom stereocenters. The van der Waals surface area contributed by atoms with Crippen molar-refractivity contribution in [3.8, 4) is 0 Å². The standard InChI is InChI=1S/C12H20N2O3/c1-8(15)6-12(3,4)7-13-11(16)10-5-9(2)17-14-10/h5,8,15H,6-7H2,1-4H3,(H,13,16)/t8-/m0/s1. The van der Waals surface area contributed by atoms with Crippen LogP contribution in [-0.4, -0.2) is 28.8 Å². The molecule has 0 radical (unpaired) electrons. The predicted octanol–water partition coefficient (Wildman–Crippen LogP) is 1.51. The summed E-state index contributed by atoms with van der Waals surface area (Å²) in [4.78, 5) is 11.7. The summed E-state index contributed by atoms with van der Waals surface area (Å²) < 4.78 is 4.83. The van der Waals surface area contributed by atoms with Crippen molar-refractivity contribution in [3.05, 3.63) is 17.5 Å². The van der Waals surface area contributed by atoms with Crippen molar-refractivity contribution < 1.29 is 14.4 Å². The normalized spacial score (nSPS) is 13.5. The summed E-state index contributed by atoms with van der Waals surface area (Å²) >= 11 is 0. The Kier molecular flexibility index (Phi) is 4.28. The fraction of sp³-hybridized carbons (Fsp3) is 0.667. The summed E-state index contributed by atoms with van der Waals surface area (Å²) in [6, 6.07) is 1.59. The van der Waals surface area contributed by atoms with Crippen LogP contribution in [0.2, 0.25) is 0 Å². The lowest BCUT2D eigenvalue weighted by Crippen LogP contribution is -2.35. The van der Waals surface area contributed by atoms with Crippen LogP contribution in [0.25, 0.3) is 0 Å². The van der Waals surface area contributed by atoms with E-state index in [0.717, 1.165) is 0 Å². The SMILES string of the molecule is Cc1cc(C(=O)NCC(C)(C)C[C@H](C)O)no1. The number of hydrogen-bond acceptors (Lipinski definition) is 4. The van der Waals surface area contributed by atoms with Gasteiger partial charge in [-0.15, -0.1) is 0 Å². The molecule has 1 rings (SSSR count). The topological polar surface area (TPSA) is 75.4 Å². The first-order valence-corrected chi connectivity index (χ1v) is 5.70. The summed E-state index contributed by atoms with van der Waals surface area (Å²) in [5, 5.41) is 15.8. The van der Waals surface area contributed by atoms with E-state index in [0.29, 0.717) is 18.7 Å². The van der Waals surface area contributed by atoms with Gasteiger partial charge < -0.3 is 14.9 Å². The van der Waals surface area contributed by atoms with E-state index >= 15 is 0 Å². The zero-order valence-electron chi connectivity index (χ0n) is 10.8. The molecule has 1 aromatic heterocycles. The van der Waals surface area contributed by atoms with Gasteiger partial charge in [0.1, 0.15) is 5.76 Å². The molecule has 5 heteroatoms. The summed E-state index contributed by atoms with van der Waals surface area (Å²) in [6.07, 6.45) is 0.252. The fourth-order valence-electron chi connectivity index (χ4n) is 1.76. The average molecular weight is 240 g/mol. The maximum absolute atomic E-state index is 11.7. The molecule has 0 aliphatic carbocycles. The Morgan fingerprint density at radius 2 is 2.29 bits per heavy atom. The highest BCUT2D eigenvalue weighted by Gasteiger charge is 2.22. The third kappa shape index (κ3) is 4.56. The van der Waals surface area contributed by atoms with Crippen molar-refractivity contribution in [2.75, 3.05) is 6.54 Å². The molecule has 5 nitrogen and oxygen atoms in total. The number of carbonyl (C=O) groups is 1. The Labute approximate surface area is 101 Å². The number of carbonyl (C=O) groups excluding carboxylic acids is 1. The van der Waals surface area contributed by atoms with E-state index in [9.17, 15) is 9.90 Å². The highest BCUT2D eigenvalue weighted by molar-refractivity contribution is 5.92. The van der Waals surface area contributed by atoms with Crippen LogP contribution in [0.4, 0.5) is 0 Å². The van der Waals surface area contributed by atoms with Crippen LogP contribution in [0, 0.1) is 12.3 Å². The van der Waals surface area contributed by atoms with Crippen LogP contribution in [0.5, 0.6) is 0 Å². The first-order chi connectivity index (χ1) is 7.80. The van der Waals surface area contributed by atoms with Gasteiger partial charge in [0.05, 0.1) is 6.10 Å². The van der Waals surface area contributed by atoms with Crippen LogP contribution in [-0.2, 0) is 0 Å². The molecule has 0 bridgehead atoms. The molecule has 0 aliphatic rings. The van der Waals surface area contributed by atoms with Crippen molar-refractivity contribution in [2.45, 2.75) is 40.2 Å². The Morgan fingerprint density at radius 1 is 1.65 bits per heavy atom. The molecule has 96 valence electrons. The molecule has 0 saturated heterocycles. The van der Waals surface area contributed by atoms with E-state index < -0.39 is 0 Å². The molecule has 2 N–H and O–H groups in total. The number of hydrogen-bond donors (Lipinski definition) is 2. The van der Waals surface area contributed by atoms with E-state index in [1.807, 2.05) is 13.8 Å². The number of amides is 1. The second kappa shape index (κ2) is 5.31. The van der Waals surface area contributed by atoms with Crippen molar-refractivity contribution in [2.24, 2.45) is 5.41 Å². The van der Waals surface area contributed by atoms with Crippen LogP contribution in [0.15, 0.2) is 10.6 Å². The molecule has 1 atom stereocenters. The number of aliphatic hydroxyl groups is 1. The molecule has 0 aromatic carbocycles. The zero-order valence-corrected chi connectivity index (χ0v) is 10.8. The van der Waals surface area contributed by atoms with Gasteiger partial charge in [0.25, 0.3) is 5.91 Å².